The van der Waals surface area contributed by atoms with Gasteiger partial charge in [0, 0.05) is 11.1 Å². The minimum absolute atomic E-state index is 0. The molecule has 0 aromatic rings. The van der Waals surface area contributed by atoms with Crippen LogP contribution in [0.1, 0.15) is 8.35 Å². The van der Waals surface area contributed by atoms with Gasteiger partial charge in [0.05, 0.1) is 0 Å². The third-order valence-corrected chi connectivity index (χ3v) is 1.83. The fourth-order valence-electron chi connectivity index (χ4n) is 0.441. The molecule has 0 saturated heterocycles. The van der Waals surface area contributed by atoms with Gasteiger partial charge in [-0.1, -0.05) is 0 Å². The first kappa shape index (κ1) is 16.1. The number of nitrogens with zero attached hydrogens (tertiary/aromatic N) is 1. The summed E-state index contributed by atoms with van der Waals surface area (Å²) in [5.41, 5.74) is 0. The zero-order chi connectivity index (χ0) is 8.69. The van der Waals surface area contributed by atoms with Crippen LogP contribution in [0.5, 0.6) is 0 Å². The first-order valence-corrected chi connectivity index (χ1v) is 4.64. The summed E-state index contributed by atoms with van der Waals surface area (Å²) in [4.78, 5) is 1.95. The molecule has 0 amide bonds. The van der Waals surface area contributed by atoms with Gasteiger partial charge in [-0.3, -0.25) is 0 Å². The minimum atomic E-state index is -1.89. The number of likely N-dealkylation sites (N-methyl/N-ethyl adjacent to an activating group) is 1. The van der Waals surface area contributed by atoms with Gasteiger partial charge in [0.15, 0.2) is 0 Å². The summed E-state index contributed by atoms with van der Waals surface area (Å²) in [5, 5.41) is 0. The summed E-state index contributed by atoms with van der Waals surface area (Å²) in [5.74, 6) is 0. The zero-order valence-electron chi connectivity index (χ0n) is 9.24. The predicted molar refractivity (Wildman–Crippen MR) is 44.9 cm³/mol. The first-order chi connectivity index (χ1) is 5.16. The van der Waals surface area contributed by atoms with E-state index in [-0.39, 0.29) is 52.8 Å². The van der Waals surface area contributed by atoms with E-state index >= 15 is 0 Å². The van der Waals surface area contributed by atoms with E-state index in [1.54, 1.807) is 6.92 Å². The molecule has 0 rings (SSSR count). The molecule has 0 N–H and O–H groups in total. The fraction of sp³-hybridized carbons (Fsp3) is 1.00. The number of rotatable bonds is 6. The van der Waals surface area contributed by atoms with Gasteiger partial charge in [0.1, 0.15) is 13.2 Å². The van der Waals surface area contributed by atoms with Crippen molar-refractivity contribution < 1.29 is 66.4 Å². The standard InChI is InChI=1S/C6H15NO3P.K.H/c1-4-9-11(8)10-6-5-7(2)3;;/h4-6H2,1-3H3;;/q2*+1;-1. The molecular formula is C6H16KNO3P+. The maximum atomic E-state index is 10.7. The summed E-state index contributed by atoms with van der Waals surface area (Å²) in [6.07, 6.45) is 0. The molecular weight excluding hydrogens is 204 g/mol. The van der Waals surface area contributed by atoms with Gasteiger partial charge in [0.25, 0.3) is 0 Å². The third-order valence-electron chi connectivity index (χ3n) is 0.970. The summed E-state index contributed by atoms with van der Waals surface area (Å²) in [6, 6.07) is 0. The van der Waals surface area contributed by atoms with Gasteiger partial charge in [-0.25, -0.2) is 0 Å². The molecule has 4 nitrogen and oxygen atoms in total. The van der Waals surface area contributed by atoms with Crippen LogP contribution in [-0.2, 0) is 13.6 Å². The second kappa shape index (κ2) is 10.7. The minimum Gasteiger partial charge on any atom is -1.00 e. The number of hydrogen-bond acceptors (Lipinski definition) is 4. The second-order valence-corrected chi connectivity index (χ2v) is 3.24. The molecule has 0 aromatic heterocycles. The van der Waals surface area contributed by atoms with E-state index in [1.165, 1.54) is 0 Å². The Kier molecular flexibility index (Phi) is 14.3. The average Bonchev–Trinajstić information content (AvgIpc) is 1.87. The largest absolute Gasteiger partial charge is 1.00 e. The Morgan fingerprint density at radius 3 is 2.42 bits per heavy atom. The van der Waals surface area contributed by atoms with Crippen LogP contribution in [0, 0.1) is 0 Å². The molecule has 0 heterocycles. The van der Waals surface area contributed by atoms with Gasteiger partial charge in [0.2, 0.25) is 0 Å². The van der Waals surface area contributed by atoms with Crippen molar-refractivity contribution in [2.75, 3.05) is 33.9 Å². The second-order valence-electron chi connectivity index (χ2n) is 2.28. The summed E-state index contributed by atoms with van der Waals surface area (Å²) in [7, 11) is 1.97. The first-order valence-electron chi connectivity index (χ1n) is 3.54. The van der Waals surface area contributed by atoms with Crippen molar-refractivity contribution >= 4 is 8.25 Å². The Morgan fingerprint density at radius 2 is 2.00 bits per heavy atom. The van der Waals surface area contributed by atoms with Crippen LogP contribution in [0.3, 0.4) is 0 Å². The van der Waals surface area contributed by atoms with Crippen LogP contribution in [0.25, 0.3) is 0 Å². The molecule has 0 aliphatic carbocycles. The van der Waals surface area contributed by atoms with E-state index in [0.717, 1.165) is 6.54 Å². The van der Waals surface area contributed by atoms with E-state index in [2.05, 4.69) is 0 Å². The Morgan fingerprint density at radius 1 is 1.42 bits per heavy atom. The Hall–Kier alpha value is 1.62. The fourth-order valence-corrected chi connectivity index (χ4v) is 0.957. The molecule has 0 bridgehead atoms. The average molecular weight is 220 g/mol. The molecule has 0 aliphatic rings. The van der Waals surface area contributed by atoms with E-state index in [0.29, 0.717) is 13.2 Å². The molecule has 0 radical (unpaired) electrons. The van der Waals surface area contributed by atoms with E-state index < -0.39 is 8.25 Å². The molecule has 1 unspecified atom stereocenters. The van der Waals surface area contributed by atoms with Crippen molar-refractivity contribution in [2.45, 2.75) is 6.92 Å². The van der Waals surface area contributed by atoms with Crippen molar-refractivity contribution in [3.8, 4) is 0 Å². The van der Waals surface area contributed by atoms with Crippen LogP contribution in [0.4, 0.5) is 0 Å². The molecule has 0 aliphatic heterocycles. The van der Waals surface area contributed by atoms with Crippen LogP contribution >= 0.6 is 8.25 Å². The Balaban J connectivity index is -0.000000500. The van der Waals surface area contributed by atoms with Crippen LogP contribution in [0.2, 0.25) is 0 Å². The van der Waals surface area contributed by atoms with Gasteiger partial charge in [-0.2, -0.15) is 0 Å². The monoisotopic (exact) mass is 220 g/mol. The molecule has 0 spiro atoms. The molecule has 68 valence electrons. The van der Waals surface area contributed by atoms with Crippen molar-refractivity contribution in [2.24, 2.45) is 0 Å². The van der Waals surface area contributed by atoms with Crippen molar-refractivity contribution in [1.82, 2.24) is 4.90 Å². The topological polar surface area (TPSA) is 38.8 Å². The maximum Gasteiger partial charge on any atom is 1.00 e. The Bertz CT molecular complexity index is 128. The van der Waals surface area contributed by atoms with Gasteiger partial charge in [-0.15, -0.1) is 9.05 Å². The summed E-state index contributed by atoms with van der Waals surface area (Å²) < 4.78 is 20.2. The molecule has 0 fully saturated rings. The van der Waals surface area contributed by atoms with Crippen molar-refractivity contribution in [1.29, 1.82) is 0 Å². The van der Waals surface area contributed by atoms with Crippen molar-refractivity contribution in [3.63, 3.8) is 0 Å². The maximum absolute atomic E-state index is 10.7. The molecule has 1 atom stereocenters. The van der Waals surface area contributed by atoms with Gasteiger partial charge in [-0.05, 0) is 21.0 Å². The van der Waals surface area contributed by atoms with E-state index in [9.17, 15) is 4.57 Å². The molecule has 0 aromatic carbocycles. The smallest absolute Gasteiger partial charge is 1.00 e. The Labute approximate surface area is 119 Å². The van der Waals surface area contributed by atoms with Gasteiger partial charge >= 0.3 is 59.6 Å². The summed E-state index contributed by atoms with van der Waals surface area (Å²) in [6.45, 7) is 3.41. The van der Waals surface area contributed by atoms with Gasteiger partial charge < -0.3 is 6.33 Å². The summed E-state index contributed by atoms with van der Waals surface area (Å²) >= 11 is 0. The predicted octanol–water partition coefficient (Wildman–Crippen LogP) is -1.62. The molecule has 6 heteroatoms. The SMILES string of the molecule is CCO[P+](=O)OCCN(C)C.[H-].[K+]. The van der Waals surface area contributed by atoms with Crippen molar-refractivity contribution in [3.05, 3.63) is 0 Å². The number of hydrogen-bond donors (Lipinski definition) is 0. The third kappa shape index (κ3) is 11.6. The quantitative estimate of drug-likeness (QED) is 0.398. The van der Waals surface area contributed by atoms with Crippen LogP contribution < -0.4 is 51.4 Å². The van der Waals surface area contributed by atoms with Crippen LogP contribution in [-0.4, -0.2) is 38.8 Å². The zero-order valence-corrected chi connectivity index (χ0v) is 12.3. The normalized spacial score (nSPS) is 11.2. The van der Waals surface area contributed by atoms with E-state index in [4.69, 9.17) is 9.05 Å². The van der Waals surface area contributed by atoms with Crippen LogP contribution in [0.15, 0.2) is 0 Å². The molecule has 0 saturated carbocycles. The molecule has 12 heavy (non-hydrogen) atoms. The van der Waals surface area contributed by atoms with E-state index in [1.807, 2.05) is 19.0 Å².